The van der Waals surface area contributed by atoms with Crippen LogP contribution in [0.5, 0.6) is 0 Å². The second-order valence-corrected chi connectivity index (χ2v) is 9.16. The average Bonchev–Trinajstić information content (AvgIpc) is 3.39. The highest BCUT2D eigenvalue weighted by Crippen LogP contribution is 2.20. The Hall–Kier alpha value is -3.57. The van der Waals surface area contributed by atoms with Gasteiger partial charge in [0.25, 0.3) is 15.9 Å². The molecular formula is C20H18N6O3S2. The molecule has 2 N–H and O–H groups in total. The Morgan fingerprint density at radius 1 is 1.10 bits per heavy atom. The number of sulfonamides is 1. The number of carbonyl (C=O) groups is 1. The third-order valence-corrected chi connectivity index (χ3v) is 6.62. The summed E-state index contributed by atoms with van der Waals surface area (Å²) < 4.78 is 28.9. The van der Waals surface area contributed by atoms with Gasteiger partial charge in [-0.2, -0.15) is 0 Å². The van der Waals surface area contributed by atoms with Gasteiger partial charge in [-0.3, -0.25) is 9.52 Å². The van der Waals surface area contributed by atoms with E-state index in [9.17, 15) is 13.2 Å². The van der Waals surface area contributed by atoms with Crippen LogP contribution in [0.3, 0.4) is 0 Å². The molecule has 2 heterocycles. The Labute approximate surface area is 182 Å². The average molecular weight is 455 g/mol. The number of carbonyl (C=O) groups excluding carboxylic acids is 1. The Kier molecular flexibility index (Phi) is 5.78. The molecule has 0 bridgehead atoms. The van der Waals surface area contributed by atoms with Gasteiger partial charge in [-0.1, -0.05) is 35.5 Å². The lowest BCUT2D eigenvalue weighted by Gasteiger charge is -2.08. The summed E-state index contributed by atoms with van der Waals surface area (Å²) in [6.45, 7) is 2.28. The van der Waals surface area contributed by atoms with Crippen LogP contribution in [0, 0.1) is 6.92 Å². The second kappa shape index (κ2) is 8.66. The first-order valence-electron chi connectivity index (χ1n) is 9.20. The van der Waals surface area contributed by atoms with E-state index < -0.39 is 15.9 Å². The Balaban J connectivity index is 1.44. The lowest BCUT2D eigenvalue weighted by Crippen LogP contribution is -2.15. The van der Waals surface area contributed by atoms with Gasteiger partial charge in [-0.15, -0.1) is 16.4 Å². The summed E-state index contributed by atoms with van der Waals surface area (Å²) >= 11 is 1.18. The van der Waals surface area contributed by atoms with Gasteiger partial charge in [0.05, 0.1) is 17.1 Å². The predicted octanol–water partition coefficient (Wildman–Crippen LogP) is 3.14. The standard InChI is InChI=1S/C20H18N6O3S2/c1-14-18(23-25-26(14)13-15-5-3-2-4-6-15)19(27)22-16-7-9-17(10-8-16)31(28,29)24-20-21-11-12-30-20/h2-12H,13H2,1H3,(H,21,24)(H,22,27). The van der Waals surface area contributed by atoms with E-state index >= 15 is 0 Å². The molecule has 2 aromatic heterocycles. The highest BCUT2D eigenvalue weighted by molar-refractivity contribution is 7.93. The molecular weight excluding hydrogens is 436 g/mol. The molecule has 31 heavy (non-hydrogen) atoms. The van der Waals surface area contributed by atoms with Gasteiger partial charge in [-0.25, -0.2) is 18.1 Å². The third kappa shape index (κ3) is 4.78. The number of anilines is 2. The molecule has 0 fully saturated rings. The fourth-order valence-electron chi connectivity index (χ4n) is 2.83. The van der Waals surface area contributed by atoms with E-state index in [0.717, 1.165) is 5.56 Å². The van der Waals surface area contributed by atoms with Gasteiger partial charge in [0.1, 0.15) is 0 Å². The SMILES string of the molecule is Cc1c(C(=O)Nc2ccc(S(=O)(=O)Nc3nccs3)cc2)nnn1Cc1ccccc1. The zero-order valence-corrected chi connectivity index (χ0v) is 18.0. The quantitative estimate of drug-likeness (QED) is 0.443. The molecule has 0 saturated carbocycles. The summed E-state index contributed by atoms with van der Waals surface area (Å²) in [5.41, 5.74) is 2.33. The summed E-state index contributed by atoms with van der Waals surface area (Å²) in [4.78, 5) is 16.6. The first-order chi connectivity index (χ1) is 14.9. The summed E-state index contributed by atoms with van der Waals surface area (Å²) in [6, 6.07) is 15.6. The maximum Gasteiger partial charge on any atom is 0.278 e. The first kappa shape index (κ1) is 20.7. The molecule has 4 aromatic rings. The van der Waals surface area contributed by atoms with Gasteiger partial charge in [0.2, 0.25) is 0 Å². The molecule has 1 amide bonds. The van der Waals surface area contributed by atoms with Crippen molar-refractivity contribution in [3.05, 3.63) is 83.1 Å². The molecule has 0 spiro atoms. The van der Waals surface area contributed by atoms with Crippen LogP contribution in [-0.2, 0) is 16.6 Å². The van der Waals surface area contributed by atoms with Gasteiger partial charge >= 0.3 is 0 Å². The fourth-order valence-corrected chi connectivity index (χ4v) is 4.62. The zero-order chi connectivity index (χ0) is 21.8. The number of amides is 1. The number of benzene rings is 2. The van der Waals surface area contributed by atoms with E-state index in [1.807, 2.05) is 30.3 Å². The van der Waals surface area contributed by atoms with E-state index in [1.165, 1.54) is 41.8 Å². The molecule has 2 aromatic carbocycles. The zero-order valence-electron chi connectivity index (χ0n) is 16.4. The minimum atomic E-state index is -3.75. The molecule has 9 nitrogen and oxygen atoms in total. The van der Waals surface area contributed by atoms with Crippen molar-refractivity contribution in [1.82, 2.24) is 20.0 Å². The van der Waals surface area contributed by atoms with Gasteiger partial charge in [0.15, 0.2) is 10.8 Å². The van der Waals surface area contributed by atoms with Crippen LogP contribution < -0.4 is 10.0 Å². The maximum atomic E-state index is 12.6. The molecule has 11 heteroatoms. The summed E-state index contributed by atoms with van der Waals surface area (Å²) in [5, 5.41) is 12.7. The van der Waals surface area contributed by atoms with Crippen molar-refractivity contribution in [2.75, 3.05) is 10.0 Å². The smallest absolute Gasteiger partial charge is 0.278 e. The Morgan fingerprint density at radius 2 is 1.84 bits per heavy atom. The van der Waals surface area contributed by atoms with E-state index in [1.54, 1.807) is 17.0 Å². The topological polar surface area (TPSA) is 119 Å². The molecule has 0 unspecified atom stereocenters. The van der Waals surface area contributed by atoms with Crippen molar-refractivity contribution in [2.24, 2.45) is 0 Å². The van der Waals surface area contributed by atoms with Crippen LogP contribution in [0.1, 0.15) is 21.7 Å². The molecule has 0 atom stereocenters. The van der Waals surface area contributed by atoms with Crippen molar-refractivity contribution >= 4 is 38.1 Å². The number of aromatic nitrogens is 4. The third-order valence-electron chi connectivity index (χ3n) is 4.45. The highest BCUT2D eigenvalue weighted by Gasteiger charge is 2.18. The fraction of sp³-hybridized carbons (Fsp3) is 0.100. The lowest BCUT2D eigenvalue weighted by atomic mass is 10.2. The summed E-state index contributed by atoms with van der Waals surface area (Å²) in [7, 11) is -3.75. The van der Waals surface area contributed by atoms with Crippen LogP contribution in [0.2, 0.25) is 0 Å². The lowest BCUT2D eigenvalue weighted by molar-refractivity contribution is 0.102. The number of hydrogen-bond donors (Lipinski definition) is 2. The van der Waals surface area contributed by atoms with Gasteiger partial charge in [-0.05, 0) is 36.8 Å². The summed E-state index contributed by atoms with van der Waals surface area (Å²) in [5.74, 6) is -0.423. The molecule has 0 aliphatic heterocycles. The monoisotopic (exact) mass is 454 g/mol. The van der Waals surface area contributed by atoms with Crippen molar-refractivity contribution in [1.29, 1.82) is 0 Å². The van der Waals surface area contributed by atoms with E-state index in [4.69, 9.17) is 0 Å². The highest BCUT2D eigenvalue weighted by atomic mass is 32.2. The number of nitrogens with zero attached hydrogens (tertiary/aromatic N) is 4. The van der Waals surface area contributed by atoms with Crippen molar-refractivity contribution in [3.63, 3.8) is 0 Å². The molecule has 0 radical (unpaired) electrons. The maximum absolute atomic E-state index is 12.6. The van der Waals surface area contributed by atoms with Crippen molar-refractivity contribution < 1.29 is 13.2 Å². The predicted molar refractivity (Wildman–Crippen MR) is 118 cm³/mol. The molecule has 4 rings (SSSR count). The minimum absolute atomic E-state index is 0.0608. The van der Waals surface area contributed by atoms with E-state index in [0.29, 0.717) is 17.9 Å². The largest absolute Gasteiger partial charge is 0.321 e. The molecule has 158 valence electrons. The normalized spacial score (nSPS) is 11.3. The van der Waals surface area contributed by atoms with Gasteiger partial charge < -0.3 is 5.32 Å². The van der Waals surface area contributed by atoms with Gasteiger partial charge in [0, 0.05) is 17.3 Å². The van der Waals surface area contributed by atoms with Crippen LogP contribution in [0.4, 0.5) is 10.8 Å². The summed E-state index contributed by atoms with van der Waals surface area (Å²) in [6.07, 6.45) is 1.51. The van der Waals surface area contributed by atoms with E-state index in [2.05, 4.69) is 25.3 Å². The molecule has 0 aliphatic rings. The van der Waals surface area contributed by atoms with Crippen molar-refractivity contribution in [2.45, 2.75) is 18.4 Å². The van der Waals surface area contributed by atoms with Crippen LogP contribution in [0.25, 0.3) is 0 Å². The number of rotatable bonds is 7. The minimum Gasteiger partial charge on any atom is -0.321 e. The Bertz CT molecular complexity index is 1280. The van der Waals surface area contributed by atoms with E-state index in [-0.39, 0.29) is 15.7 Å². The van der Waals surface area contributed by atoms with Crippen LogP contribution >= 0.6 is 11.3 Å². The second-order valence-electron chi connectivity index (χ2n) is 6.59. The number of hydrogen-bond acceptors (Lipinski definition) is 7. The molecule has 0 saturated heterocycles. The number of thiazole rings is 1. The van der Waals surface area contributed by atoms with Crippen LogP contribution in [-0.4, -0.2) is 34.3 Å². The Morgan fingerprint density at radius 3 is 2.52 bits per heavy atom. The van der Waals surface area contributed by atoms with Crippen molar-refractivity contribution in [3.8, 4) is 0 Å². The number of nitrogens with one attached hydrogen (secondary N) is 2. The first-order valence-corrected chi connectivity index (χ1v) is 11.6. The van der Waals surface area contributed by atoms with Crippen LogP contribution in [0.15, 0.2) is 71.1 Å². The molecule has 0 aliphatic carbocycles.